The number of nitrogens with zero attached hydrogens (tertiary/aromatic N) is 1. The Kier molecular flexibility index (Phi) is 4.70. The fourth-order valence-corrected chi connectivity index (χ4v) is 3.32. The van der Waals surface area contributed by atoms with Gasteiger partial charge in [-0.15, -0.1) is 0 Å². The Hall–Kier alpha value is -0.960. The van der Waals surface area contributed by atoms with Gasteiger partial charge < -0.3 is 5.32 Å². The van der Waals surface area contributed by atoms with Gasteiger partial charge in [-0.3, -0.25) is 4.99 Å². The van der Waals surface area contributed by atoms with E-state index in [9.17, 15) is 0 Å². The third kappa shape index (κ3) is 3.77. The molecular formula is C15H22N2S. The molecule has 0 aliphatic carbocycles. The van der Waals surface area contributed by atoms with Crippen LogP contribution in [0.2, 0.25) is 0 Å². The molecule has 0 radical (unpaired) electrons. The molecular weight excluding hydrogens is 240 g/mol. The van der Waals surface area contributed by atoms with Crippen LogP contribution in [0.25, 0.3) is 0 Å². The summed E-state index contributed by atoms with van der Waals surface area (Å²) >= 11 is 1.86. The van der Waals surface area contributed by atoms with Gasteiger partial charge >= 0.3 is 0 Å². The summed E-state index contributed by atoms with van der Waals surface area (Å²) in [7, 11) is 0. The van der Waals surface area contributed by atoms with Gasteiger partial charge in [0.25, 0.3) is 0 Å². The third-order valence-corrected chi connectivity index (χ3v) is 4.20. The van der Waals surface area contributed by atoms with E-state index in [0.717, 1.165) is 17.3 Å². The van der Waals surface area contributed by atoms with Gasteiger partial charge in [-0.25, -0.2) is 0 Å². The maximum absolute atomic E-state index is 4.74. The molecule has 2 unspecified atom stereocenters. The zero-order chi connectivity index (χ0) is 13.0. The van der Waals surface area contributed by atoms with E-state index in [1.807, 2.05) is 11.8 Å². The summed E-state index contributed by atoms with van der Waals surface area (Å²) in [5.74, 6) is 1.76. The molecule has 1 aliphatic heterocycles. The molecule has 2 atom stereocenters. The Bertz CT molecular complexity index is 400. The van der Waals surface area contributed by atoms with Crippen LogP contribution in [0.4, 0.5) is 0 Å². The fraction of sp³-hybridized carbons (Fsp3) is 0.533. The minimum Gasteiger partial charge on any atom is -0.362 e. The Morgan fingerprint density at radius 1 is 1.28 bits per heavy atom. The van der Waals surface area contributed by atoms with Gasteiger partial charge in [-0.05, 0) is 24.8 Å². The van der Waals surface area contributed by atoms with Crippen LogP contribution in [-0.4, -0.2) is 23.0 Å². The quantitative estimate of drug-likeness (QED) is 0.900. The predicted octanol–water partition coefficient (Wildman–Crippen LogP) is 3.33. The van der Waals surface area contributed by atoms with Crippen LogP contribution >= 0.6 is 11.8 Å². The summed E-state index contributed by atoms with van der Waals surface area (Å²) in [4.78, 5) is 4.74. The lowest BCUT2D eigenvalue weighted by Crippen LogP contribution is -2.31. The van der Waals surface area contributed by atoms with Crippen molar-refractivity contribution in [3.8, 4) is 0 Å². The second-order valence-electron chi connectivity index (χ2n) is 5.29. The Labute approximate surface area is 114 Å². The molecule has 1 heterocycles. The lowest BCUT2D eigenvalue weighted by Gasteiger charge is -2.14. The van der Waals surface area contributed by atoms with Gasteiger partial charge in [-0.1, -0.05) is 55.9 Å². The van der Waals surface area contributed by atoms with E-state index >= 15 is 0 Å². The van der Waals surface area contributed by atoms with Crippen LogP contribution < -0.4 is 5.32 Å². The third-order valence-electron chi connectivity index (χ3n) is 3.20. The SMILES string of the molecule is CC(Cc1ccccc1)NC1=NC(C(C)C)CS1. The minimum absolute atomic E-state index is 0.435. The van der Waals surface area contributed by atoms with Crippen LogP contribution in [0.5, 0.6) is 0 Å². The van der Waals surface area contributed by atoms with Crippen molar-refractivity contribution in [3.05, 3.63) is 35.9 Å². The molecule has 0 fully saturated rings. The highest BCUT2D eigenvalue weighted by atomic mass is 32.2. The molecule has 0 saturated carbocycles. The molecule has 0 amide bonds. The van der Waals surface area contributed by atoms with Crippen LogP contribution in [0, 0.1) is 5.92 Å². The number of rotatable bonds is 4. The lowest BCUT2D eigenvalue weighted by atomic mass is 10.1. The molecule has 2 rings (SSSR count). The second-order valence-corrected chi connectivity index (χ2v) is 6.30. The molecule has 1 N–H and O–H groups in total. The summed E-state index contributed by atoms with van der Waals surface area (Å²) in [6, 6.07) is 11.5. The number of hydrogen-bond acceptors (Lipinski definition) is 3. The number of benzene rings is 1. The van der Waals surface area contributed by atoms with Crippen molar-refractivity contribution in [2.45, 2.75) is 39.3 Å². The van der Waals surface area contributed by atoms with Gasteiger partial charge in [-0.2, -0.15) is 0 Å². The standard InChI is InChI=1S/C15H22N2S/c1-11(2)14-10-18-15(17-14)16-12(3)9-13-7-5-4-6-8-13/h4-8,11-12,14H,9-10H2,1-3H3,(H,16,17). The van der Waals surface area contributed by atoms with Crippen molar-refractivity contribution in [1.82, 2.24) is 5.32 Å². The van der Waals surface area contributed by atoms with Crippen molar-refractivity contribution in [1.29, 1.82) is 0 Å². The Morgan fingerprint density at radius 3 is 2.61 bits per heavy atom. The van der Waals surface area contributed by atoms with Crippen LogP contribution in [0.1, 0.15) is 26.3 Å². The first-order valence-corrected chi connectivity index (χ1v) is 7.64. The van der Waals surface area contributed by atoms with Crippen LogP contribution in [0.15, 0.2) is 35.3 Å². The molecule has 18 heavy (non-hydrogen) atoms. The van der Waals surface area contributed by atoms with E-state index in [0.29, 0.717) is 18.0 Å². The first kappa shape index (κ1) is 13.5. The lowest BCUT2D eigenvalue weighted by molar-refractivity contribution is 0.540. The molecule has 0 bridgehead atoms. The van der Waals surface area contributed by atoms with Crippen molar-refractivity contribution >= 4 is 16.9 Å². The number of hydrogen-bond donors (Lipinski definition) is 1. The van der Waals surface area contributed by atoms with Crippen molar-refractivity contribution < 1.29 is 0 Å². The minimum atomic E-state index is 0.435. The zero-order valence-electron chi connectivity index (χ0n) is 11.4. The molecule has 98 valence electrons. The average Bonchev–Trinajstić information content (AvgIpc) is 2.78. The second kappa shape index (κ2) is 6.28. The van der Waals surface area contributed by atoms with Gasteiger partial charge in [0, 0.05) is 11.8 Å². The molecule has 2 nitrogen and oxygen atoms in total. The fourth-order valence-electron chi connectivity index (χ4n) is 2.04. The summed E-state index contributed by atoms with van der Waals surface area (Å²) in [5.41, 5.74) is 1.38. The molecule has 0 spiro atoms. The molecule has 0 aromatic heterocycles. The van der Waals surface area contributed by atoms with Crippen molar-refractivity contribution in [3.63, 3.8) is 0 Å². The summed E-state index contributed by atoms with van der Waals surface area (Å²) < 4.78 is 0. The van der Waals surface area contributed by atoms with E-state index in [4.69, 9.17) is 4.99 Å². The van der Waals surface area contributed by atoms with Crippen molar-refractivity contribution in [2.75, 3.05) is 5.75 Å². The molecule has 1 aromatic rings. The van der Waals surface area contributed by atoms with Gasteiger partial charge in [0.15, 0.2) is 5.17 Å². The molecule has 1 aromatic carbocycles. The van der Waals surface area contributed by atoms with Gasteiger partial charge in [0.1, 0.15) is 0 Å². The number of thioether (sulfide) groups is 1. The van der Waals surface area contributed by atoms with Crippen LogP contribution in [-0.2, 0) is 6.42 Å². The number of aliphatic imine (C=N–C) groups is 1. The predicted molar refractivity (Wildman–Crippen MR) is 81.3 cm³/mol. The first-order chi connectivity index (χ1) is 8.65. The maximum Gasteiger partial charge on any atom is 0.157 e. The summed E-state index contributed by atoms with van der Waals surface area (Å²) in [6.45, 7) is 6.70. The number of nitrogens with one attached hydrogen (secondary N) is 1. The summed E-state index contributed by atoms with van der Waals surface area (Å²) in [5, 5.41) is 4.65. The average molecular weight is 262 g/mol. The van der Waals surface area contributed by atoms with E-state index in [1.54, 1.807) is 0 Å². The van der Waals surface area contributed by atoms with Gasteiger partial charge in [0.05, 0.1) is 6.04 Å². The maximum atomic E-state index is 4.74. The van der Waals surface area contributed by atoms with Gasteiger partial charge in [0.2, 0.25) is 0 Å². The van der Waals surface area contributed by atoms with E-state index < -0.39 is 0 Å². The zero-order valence-corrected chi connectivity index (χ0v) is 12.2. The summed E-state index contributed by atoms with van der Waals surface area (Å²) in [6.07, 6.45) is 1.05. The highest BCUT2D eigenvalue weighted by Gasteiger charge is 2.21. The van der Waals surface area contributed by atoms with E-state index in [1.165, 1.54) is 5.56 Å². The molecule has 3 heteroatoms. The topological polar surface area (TPSA) is 24.4 Å². The largest absolute Gasteiger partial charge is 0.362 e. The smallest absolute Gasteiger partial charge is 0.157 e. The van der Waals surface area contributed by atoms with Crippen LogP contribution in [0.3, 0.4) is 0 Å². The van der Waals surface area contributed by atoms with E-state index in [2.05, 4.69) is 56.4 Å². The molecule has 0 saturated heterocycles. The monoisotopic (exact) mass is 262 g/mol. The Morgan fingerprint density at radius 2 is 2.00 bits per heavy atom. The first-order valence-electron chi connectivity index (χ1n) is 6.66. The Balaban J connectivity index is 1.85. The number of amidine groups is 1. The van der Waals surface area contributed by atoms with E-state index in [-0.39, 0.29) is 0 Å². The van der Waals surface area contributed by atoms with Crippen molar-refractivity contribution in [2.24, 2.45) is 10.9 Å². The highest BCUT2D eigenvalue weighted by molar-refractivity contribution is 8.14. The normalized spacial score (nSPS) is 20.9. The molecule has 1 aliphatic rings. The highest BCUT2D eigenvalue weighted by Crippen LogP contribution is 2.22.